The van der Waals surface area contributed by atoms with Crippen molar-refractivity contribution in [3.8, 4) is 6.07 Å². The number of carbonyl (C=O) groups excluding carboxylic acids is 1. The van der Waals surface area contributed by atoms with Gasteiger partial charge in [0.05, 0.1) is 10.5 Å². The van der Waals surface area contributed by atoms with E-state index in [1.165, 1.54) is 13.0 Å². The standard InChI is InChI=1S/C9H5IN2O3/c1-5(13)7-2-6(12(14)15)3-9(10)8(7)4-11/h2-3H,1H3. The van der Waals surface area contributed by atoms with E-state index >= 15 is 0 Å². The summed E-state index contributed by atoms with van der Waals surface area (Å²) in [6.45, 7) is 1.27. The van der Waals surface area contributed by atoms with E-state index in [-0.39, 0.29) is 22.6 Å². The fourth-order valence-electron chi connectivity index (χ4n) is 1.09. The van der Waals surface area contributed by atoms with Gasteiger partial charge >= 0.3 is 0 Å². The lowest BCUT2D eigenvalue weighted by molar-refractivity contribution is -0.385. The average molecular weight is 316 g/mol. The number of non-ortho nitro benzene ring substituents is 1. The van der Waals surface area contributed by atoms with Gasteiger partial charge in [0.25, 0.3) is 5.69 Å². The van der Waals surface area contributed by atoms with Crippen LogP contribution in [0.25, 0.3) is 0 Å². The molecule has 0 bridgehead atoms. The minimum atomic E-state index is -0.588. The van der Waals surface area contributed by atoms with Gasteiger partial charge in [-0.05, 0) is 29.5 Å². The van der Waals surface area contributed by atoms with Gasteiger partial charge in [-0.25, -0.2) is 0 Å². The number of Topliss-reactive ketones (excluding diaryl/α,β-unsaturated/α-hetero) is 1. The highest BCUT2D eigenvalue weighted by Gasteiger charge is 2.17. The van der Waals surface area contributed by atoms with Gasteiger partial charge in [-0.1, -0.05) is 0 Å². The molecule has 6 heteroatoms. The predicted octanol–water partition coefficient (Wildman–Crippen LogP) is 2.27. The molecule has 0 saturated carbocycles. The van der Waals surface area contributed by atoms with Crippen LogP contribution in [0.4, 0.5) is 5.69 Å². The minimum Gasteiger partial charge on any atom is -0.294 e. The fourth-order valence-corrected chi connectivity index (χ4v) is 1.82. The molecular weight excluding hydrogens is 311 g/mol. The Morgan fingerprint density at radius 2 is 2.20 bits per heavy atom. The second-order valence-corrected chi connectivity index (χ2v) is 3.94. The molecule has 0 unspecified atom stereocenters. The monoisotopic (exact) mass is 316 g/mol. The maximum absolute atomic E-state index is 11.2. The van der Waals surface area contributed by atoms with Crippen molar-refractivity contribution >= 4 is 34.1 Å². The van der Waals surface area contributed by atoms with Crippen molar-refractivity contribution in [2.45, 2.75) is 6.92 Å². The Labute approximate surface area is 99.0 Å². The third-order valence-corrected chi connectivity index (χ3v) is 2.63. The summed E-state index contributed by atoms with van der Waals surface area (Å²) in [4.78, 5) is 21.1. The molecule has 0 amide bonds. The van der Waals surface area contributed by atoms with Crippen LogP contribution in [0.5, 0.6) is 0 Å². The first-order valence-electron chi connectivity index (χ1n) is 3.86. The van der Waals surface area contributed by atoms with Gasteiger partial charge in [0.1, 0.15) is 6.07 Å². The molecule has 5 nitrogen and oxygen atoms in total. The molecule has 0 fully saturated rings. The largest absolute Gasteiger partial charge is 0.294 e. The molecule has 1 aromatic carbocycles. The molecule has 0 N–H and O–H groups in total. The first kappa shape index (κ1) is 11.6. The summed E-state index contributed by atoms with van der Waals surface area (Å²) in [5.74, 6) is -0.354. The highest BCUT2D eigenvalue weighted by Crippen LogP contribution is 2.23. The van der Waals surface area contributed by atoms with E-state index in [4.69, 9.17) is 5.26 Å². The molecular formula is C9H5IN2O3. The van der Waals surface area contributed by atoms with Gasteiger partial charge in [-0.2, -0.15) is 5.26 Å². The number of halogens is 1. The van der Waals surface area contributed by atoms with Gasteiger partial charge in [-0.3, -0.25) is 14.9 Å². The van der Waals surface area contributed by atoms with Crippen LogP contribution in [0.15, 0.2) is 12.1 Å². The van der Waals surface area contributed by atoms with Crippen molar-refractivity contribution in [3.05, 3.63) is 36.9 Å². The molecule has 0 spiro atoms. The van der Waals surface area contributed by atoms with Gasteiger partial charge in [-0.15, -0.1) is 0 Å². The molecule has 0 aliphatic carbocycles. The molecule has 15 heavy (non-hydrogen) atoms. The normalized spacial score (nSPS) is 9.40. The maximum atomic E-state index is 11.2. The number of nitro groups is 1. The molecule has 0 atom stereocenters. The maximum Gasteiger partial charge on any atom is 0.271 e. The Kier molecular flexibility index (Phi) is 3.36. The highest BCUT2D eigenvalue weighted by molar-refractivity contribution is 14.1. The SMILES string of the molecule is CC(=O)c1cc([N+](=O)[O-])cc(I)c1C#N. The summed E-state index contributed by atoms with van der Waals surface area (Å²) in [6.07, 6.45) is 0. The van der Waals surface area contributed by atoms with Gasteiger partial charge in [0, 0.05) is 21.3 Å². The number of benzene rings is 1. The smallest absolute Gasteiger partial charge is 0.271 e. The van der Waals surface area contributed by atoms with E-state index in [0.717, 1.165) is 6.07 Å². The molecule has 1 aromatic rings. The van der Waals surface area contributed by atoms with Crippen molar-refractivity contribution < 1.29 is 9.72 Å². The van der Waals surface area contributed by atoms with E-state index in [1.807, 2.05) is 6.07 Å². The Hall–Kier alpha value is -1.49. The Morgan fingerprint density at radius 1 is 1.60 bits per heavy atom. The molecule has 0 aliphatic heterocycles. The van der Waals surface area contributed by atoms with Crippen LogP contribution in [0, 0.1) is 25.0 Å². The molecule has 0 aliphatic rings. The number of nitro benzene ring substituents is 1. The van der Waals surface area contributed by atoms with Crippen molar-refractivity contribution in [2.75, 3.05) is 0 Å². The number of carbonyl (C=O) groups is 1. The number of nitrogens with zero attached hydrogens (tertiary/aromatic N) is 2. The lowest BCUT2D eigenvalue weighted by Gasteiger charge is -2.01. The predicted molar refractivity (Wildman–Crippen MR) is 60.5 cm³/mol. The molecule has 0 heterocycles. The van der Waals surface area contributed by atoms with E-state index in [1.54, 1.807) is 22.6 Å². The lowest BCUT2D eigenvalue weighted by atomic mass is 10.0. The highest BCUT2D eigenvalue weighted by atomic mass is 127. The zero-order valence-electron chi connectivity index (χ0n) is 7.65. The van der Waals surface area contributed by atoms with Crippen molar-refractivity contribution in [1.29, 1.82) is 5.26 Å². The molecule has 1 rings (SSSR count). The van der Waals surface area contributed by atoms with Gasteiger partial charge in [0.15, 0.2) is 5.78 Å². The van der Waals surface area contributed by atoms with Crippen LogP contribution in [0.1, 0.15) is 22.8 Å². The summed E-state index contributed by atoms with van der Waals surface area (Å²) in [5, 5.41) is 19.3. The molecule has 76 valence electrons. The average Bonchev–Trinajstić information content (AvgIpc) is 2.16. The van der Waals surface area contributed by atoms with Crippen molar-refractivity contribution in [3.63, 3.8) is 0 Å². The first-order valence-corrected chi connectivity index (χ1v) is 4.94. The Bertz CT molecular complexity index is 491. The Morgan fingerprint density at radius 3 is 2.60 bits per heavy atom. The molecule has 0 saturated heterocycles. The van der Waals surface area contributed by atoms with Gasteiger partial charge < -0.3 is 0 Å². The minimum absolute atomic E-state index is 0.0936. The summed E-state index contributed by atoms with van der Waals surface area (Å²) < 4.78 is 0.412. The molecule has 0 aromatic heterocycles. The summed E-state index contributed by atoms with van der Waals surface area (Å²) in [6, 6.07) is 4.26. The van der Waals surface area contributed by atoms with E-state index < -0.39 is 4.92 Å². The van der Waals surface area contributed by atoms with Gasteiger partial charge in [0.2, 0.25) is 0 Å². The first-order chi connectivity index (χ1) is 6.97. The number of hydrogen-bond acceptors (Lipinski definition) is 4. The van der Waals surface area contributed by atoms with Crippen LogP contribution in [0.2, 0.25) is 0 Å². The fraction of sp³-hybridized carbons (Fsp3) is 0.111. The second kappa shape index (κ2) is 4.35. The van der Waals surface area contributed by atoms with Crippen molar-refractivity contribution in [2.24, 2.45) is 0 Å². The van der Waals surface area contributed by atoms with Crippen molar-refractivity contribution in [1.82, 2.24) is 0 Å². The quantitative estimate of drug-likeness (QED) is 0.363. The lowest BCUT2D eigenvalue weighted by Crippen LogP contribution is -2.01. The third kappa shape index (κ3) is 2.30. The van der Waals surface area contributed by atoms with Crippen LogP contribution in [-0.4, -0.2) is 10.7 Å². The van der Waals surface area contributed by atoms with Crippen LogP contribution in [0.3, 0.4) is 0 Å². The number of nitriles is 1. The zero-order chi connectivity index (χ0) is 11.6. The van der Waals surface area contributed by atoms with E-state index in [2.05, 4.69) is 0 Å². The molecule has 0 radical (unpaired) electrons. The number of hydrogen-bond donors (Lipinski definition) is 0. The van der Waals surface area contributed by atoms with E-state index in [0.29, 0.717) is 3.57 Å². The van der Waals surface area contributed by atoms with E-state index in [9.17, 15) is 14.9 Å². The second-order valence-electron chi connectivity index (χ2n) is 2.78. The van der Waals surface area contributed by atoms with Crippen LogP contribution in [-0.2, 0) is 0 Å². The zero-order valence-corrected chi connectivity index (χ0v) is 9.81. The topological polar surface area (TPSA) is 84.0 Å². The van der Waals surface area contributed by atoms with Crippen LogP contribution >= 0.6 is 22.6 Å². The Balaban J connectivity index is 3.54. The summed E-state index contributed by atoms with van der Waals surface area (Å²) >= 11 is 1.80. The number of rotatable bonds is 2. The van der Waals surface area contributed by atoms with Crippen LogP contribution < -0.4 is 0 Å². The summed E-state index contributed by atoms with van der Waals surface area (Å²) in [7, 11) is 0. The summed E-state index contributed by atoms with van der Waals surface area (Å²) in [5.41, 5.74) is 0.105. The third-order valence-electron chi connectivity index (χ3n) is 1.78. The number of ketones is 1.